The number of nitrogens with zero attached hydrogens (tertiary/aromatic N) is 1. The molecule has 32 heavy (non-hydrogen) atoms. The molecule has 0 radical (unpaired) electrons. The highest BCUT2D eigenvalue weighted by Crippen LogP contribution is 2.34. The fourth-order valence-electron chi connectivity index (χ4n) is 3.54. The predicted octanol–water partition coefficient (Wildman–Crippen LogP) is 3.59. The number of Topliss-reactive ketones (excluding diaryl/α,β-unsaturated/α-hetero) is 1. The van der Waals surface area contributed by atoms with Crippen molar-refractivity contribution in [1.29, 1.82) is 0 Å². The summed E-state index contributed by atoms with van der Waals surface area (Å²) in [5.41, 5.74) is 2.86. The molecular formula is C25H30N2O5. The summed E-state index contributed by atoms with van der Waals surface area (Å²) in [5.74, 6) is 0.287. The quantitative estimate of drug-likeness (QED) is 0.637. The second-order valence-electron chi connectivity index (χ2n) is 8.21. The van der Waals surface area contributed by atoms with Crippen molar-refractivity contribution < 1.29 is 23.9 Å². The summed E-state index contributed by atoms with van der Waals surface area (Å²) < 4.78 is 11.2. The molecule has 7 nitrogen and oxygen atoms in total. The van der Waals surface area contributed by atoms with E-state index in [2.05, 4.69) is 5.32 Å². The van der Waals surface area contributed by atoms with E-state index in [1.807, 2.05) is 45.9 Å². The Hall–Kier alpha value is -3.35. The Balaban J connectivity index is 1.80. The number of hydrogen-bond acceptors (Lipinski definition) is 5. The highest BCUT2D eigenvalue weighted by molar-refractivity contribution is 6.05. The number of carbonyl (C=O) groups excluding carboxylic acids is 3. The summed E-state index contributed by atoms with van der Waals surface area (Å²) in [6, 6.07) is 9.91. The summed E-state index contributed by atoms with van der Waals surface area (Å²) in [5, 5.41) is 2.90. The number of fused-ring (bicyclic) bond motifs is 1. The Morgan fingerprint density at radius 3 is 2.59 bits per heavy atom. The van der Waals surface area contributed by atoms with Crippen LogP contribution in [0.4, 0.5) is 5.69 Å². The molecule has 0 saturated carbocycles. The van der Waals surface area contributed by atoms with Crippen LogP contribution in [0, 0.1) is 13.8 Å². The van der Waals surface area contributed by atoms with Crippen LogP contribution in [0.2, 0.25) is 0 Å². The zero-order chi connectivity index (χ0) is 23.4. The lowest BCUT2D eigenvalue weighted by atomic mass is 10.1. The Morgan fingerprint density at radius 2 is 1.91 bits per heavy atom. The molecular weight excluding hydrogens is 408 g/mol. The molecule has 2 aromatic carbocycles. The third-order valence-electron chi connectivity index (χ3n) is 5.62. The normalized spacial score (nSPS) is 14.8. The van der Waals surface area contributed by atoms with E-state index < -0.39 is 6.04 Å². The van der Waals surface area contributed by atoms with Crippen molar-refractivity contribution in [3.63, 3.8) is 0 Å². The molecule has 1 aliphatic rings. The zero-order valence-electron chi connectivity index (χ0n) is 19.2. The first-order chi connectivity index (χ1) is 15.2. The average molecular weight is 439 g/mol. The molecule has 0 aliphatic carbocycles. The SMILES string of the molecule is CCC(C)NC(=O)C(C)N1C(=O)COc2ccc(C(=O)COc3ccc(C)cc3C)cc21. The van der Waals surface area contributed by atoms with Gasteiger partial charge in [0.2, 0.25) is 5.91 Å². The maximum absolute atomic E-state index is 12.8. The van der Waals surface area contributed by atoms with Crippen LogP contribution in [-0.2, 0) is 9.59 Å². The zero-order valence-corrected chi connectivity index (χ0v) is 19.2. The number of ketones is 1. The lowest BCUT2D eigenvalue weighted by Crippen LogP contribution is -2.52. The molecule has 0 bridgehead atoms. The van der Waals surface area contributed by atoms with Crippen molar-refractivity contribution in [2.45, 2.75) is 53.1 Å². The second kappa shape index (κ2) is 9.85. The Labute approximate surface area is 188 Å². The molecule has 2 aromatic rings. The van der Waals surface area contributed by atoms with Crippen molar-refractivity contribution in [2.75, 3.05) is 18.1 Å². The monoisotopic (exact) mass is 438 g/mol. The van der Waals surface area contributed by atoms with Gasteiger partial charge in [-0.2, -0.15) is 0 Å². The molecule has 2 unspecified atom stereocenters. The largest absolute Gasteiger partial charge is 0.485 e. The summed E-state index contributed by atoms with van der Waals surface area (Å²) in [6.45, 7) is 9.18. The van der Waals surface area contributed by atoms with E-state index in [0.717, 1.165) is 17.5 Å². The lowest BCUT2D eigenvalue weighted by Gasteiger charge is -2.34. The highest BCUT2D eigenvalue weighted by atomic mass is 16.5. The standard InChI is InChI=1S/C25H30N2O5/c1-6-17(4)26-25(30)18(5)27-20-12-19(8-10-23(20)32-14-24(27)29)21(28)13-31-22-9-7-15(2)11-16(22)3/h7-12,17-18H,6,13-14H2,1-5H3,(H,26,30). The van der Waals surface area contributed by atoms with Crippen molar-refractivity contribution in [3.8, 4) is 11.5 Å². The average Bonchev–Trinajstić information content (AvgIpc) is 2.77. The van der Waals surface area contributed by atoms with Gasteiger partial charge in [0.05, 0.1) is 5.69 Å². The third kappa shape index (κ3) is 5.10. The Bertz CT molecular complexity index is 1030. The molecule has 0 saturated heterocycles. The number of aryl methyl sites for hydroxylation is 2. The number of amides is 2. The smallest absolute Gasteiger partial charge is 0.265 e. The van der Waals surface area contributed by atoms with Crippen LogP contribution in [0.3, 0.4) is 0 Å². The van der Waals surface area contributed by atoms with Crippen LogP contribution in [0.15, 0.2) is 36.4 Å². The molecule has 7 heteroatoms. The van der Waals surface area contributed by atoms with Gasteiger partial charge in [-0.25, -0.2) is 0 Å². The first kappa shape index (κ1) is 23.3. The van der Waals surface area contributed by atoms with Crippen LogP contribution in [0.25, 0.3) is 0 Å². The Morgan fingerprint density at radius 1 is 1.16 bits per heavy atom. The molecule has 0 fully saturated rings. The minimum Gasteiger partial charge on any atom is -0.485 e. The molecule has 1 N–H and O–H groups in total. The lowest BCUT2D eigenvalue weighted by molar-refractivity contribution is -0.127. The molecule has 1 heterocycles. The van der Waals surface area contributed by atoms with E-state index in [1.165, 1.54) is 4.90 Å². The van der Waals surface area contributed by atoms with Gasteiger partial charge in [0.25, 0.3) is 5.91 Å². The molecule has 2 atom stereocenters. The van der Waals surface area contributed by atoms with Crippen LogP contribution in [0.1, 0.15) is 48.7 Å². The van der Waals surface area contributed by atoms with Gasteiger partial charge in [-0.1, -0.05) is 24.6 Å². The number of hydrogen-bond donors (Lipinski definition) is 1. The van der Waals surface area contributed by atoms with Gasteiger partial charge in [0, 0.05) is 11.6 Å². The van der Waals surface area contributed by atoms with Crippen LogP contribution < -0.4 is 19.7 Å². The molecule has 170 valence electrons. The van der Waals surface area contributed by atoms with Crippen LogP contribution in [0.5, 0.6) is 11.5 Å². The molecule has 0 aromatic heterocycles. The number of anilines is 1. The first-order valence-corrected chi connectivity index (χ1v) is 10.8. The van der Waals surface area contributed by atoms with E-state index in [4.69, 9.17) is 9.47 Å². The van der Waals surface area contributed by atoms with Gasteiger partial charge in [-0.15, -0.1) is 0 Å². The summed E-state index contributed by atoms with van der Waals surface area (Å²) >= 11 is 0. The predicted molar refractivity (Wildman–Crippen MR) is 123 cm³/mol. The number of benzene rings is 2. The molecule has 3 rings (SSSR count). The summed E-state index contributed by atoms with van der Waals surface area (Å²) in [7, 11) is 0. The highest BCUT2D eigenvalue weighted by Gasteiger charge is 2.34. The van der Waals surface area contributed by atoms with Gasteiger partial charge >= 0.3 is 0 Å². The third-order valence-corrected chi connectivity index (χ3v) is 5.62. The first-order valence-electron chi connectivity index (χ1n) is 10.8. The van der Waals surface area contributed by atoms with Gasteiger partial charge < -0.3 is 14.8 Å². The number of ether oxygens (including phenoxy) is 2. The van der Waals surface area contributed by atoms with Crippen molar-refractivity contribution >= 4 is 23.3 Å². The van der Waals surface area contributed by atoms with E-state index >= 15 is 0 Å². The van der Waals surface area contributed by atoms with Gasteiger partial charge in [0.15, 0.2) is 19.0 Å². The molecule has 1 aliphatic heterocycles. The van der Waals surface area contributed by atoms with Crippen LogP contribution >= 0.6 is 0 Å². The topological polar surface area (TPSA) is 84.9 Å². The number of nitrogens with one attached hydrogen (secondary N) is 1. The number of rotatable bonds is 8. The fourth-order valence-corrected chi connectivity index (χ4v) is 3.54. The maximum Gasteiger partial charge on any atom is 0.265 e. The van der Waals surface area contributed by atoms with E-state index in [9.17, 15) is 14.4 Å². The van der Waals surface area contributed by atoms with E-state index in [0.29, 0.717) is 22.7 Å². The summed E-state index contributed by atoms with van der Waals surface area (Å²) in [4.78, 5) is 39.5. The minimum absolute atomic E-state index is 0.00384. The van der Waals surface area contributed by atoms with Crippen LogP contribution in [-0.4, -0.2) is 42.9 Å². The molecule has 0 spiro atoms. The van der Waals surface area contributed by atoms with Gasteiger partial charge in [-0.3, -0.25) is 19.3 Å². The summed E-state index contributed by atoms with van der Waals surface area (Å²) in [6.07, 6.45) is 0.783. The van der Waals surface area contributed by atoms with E-state index in [1.54, 1.807) is 25.1 Å². The maximum atomic E-state index is 12.8. The van der Waals surface area contributed by atoms with Crippen molar-refractivity contribution in [2.24, 2.45) is 0 Å². The fraction of sp³-hybridized carbons (Fsp3) is 0.400. The van der Waals surface area contributed by atoms with Gasteiger partial charge in [0.1, 0.15) is 17.5 Å². The number of carbonyl (C=O) groups is 3. The second-order valence-corrected chi connectivity index (χ2v) is 8.21. The van der Waals surface area contributed by atoms with Crippen molar-refractivity contribution in [1.82, 2.24) is 5.32 Å². The Kier molecular flexibility index (Phi) is 7.18. The van der Waals surface area contributed by atoms with Crippen molar-refractivity contribution in [3.05, 3.63) is 53.1 Å². The van der Waals surface area contributed by atoms with Gasteiger partial charge in [-0.05, 0) is 63.9 Å². The molecule has 2 amide bonds. The minimum atomic E-state index is -0.740. The van der Waals surface area contributed by atoms with E-state index in [-0.39, 0.29) is 36.9 Å².